The van der Waals surface area contributed by atoms with E-state index >= 15 is 0 Å². The van der Waals surface area contributed by atoms with Crippen molar-refractivity contribution >= 4 is 21.6 Å². The summed E-state index contributed by atoms with van der Waals surface area (Å²) in [7, 11) is 0. The number of halogens is 1. The molecule has 19 heavy (non-hydrogen) atoms. The number of nitrogens with zero attached hydrogens (tertiary/aromatic N) is 5. The zero-order valence-corrected chi connectivity index (χ0v) is 11.3. The molecule has 2 aromatic heterocycles. The Balaban J connectivity index is 1.97. The van der Waals surface area contributed by atoms with Crippen molar-refractivity contribution in [3.8, 4) is 17.3 Å². The number of nitrogen functional groups attached to an aromatic ring is 1. The molecule has 2 N–H and O–H groups in total. The maximum Gasteiger partial charge on any atom is 0.252 e. The van der Waals surface area contributed by atoms with Gasteiger partial charge in [-0.25, -0.2) is 15.0 Å². The Morgan fingerprint density at radius 1 is 1.11 bits per heavy atom. The van der Waals surface area contributed by atoms with E-state index in [4.69, 9.17) is 5.73 Å². The van der Waals surface area contributed by atoms with Crippen molar-refractivity contribution in [3.63, 3.8) is 0 Å². The molecule has 0 saturated heterocycles. The fourth-order valence-electron chi connectivity index (χ4n) is 1.59. The first kappa shape index (κ1) is 11.8. The molecule has 0 aliphatic rings. The van der Waals surface area contributed by atoms with Crippen LogP contribution in [0, 0.1) is 0 Å². The van der Waals surface area contributed by atoms with Gasteiger partial charge in [0, 0.05) is 23.6 Å². The highest BCUT2D eigenvalue weighted by atomic mass is 79.9. The Morgan fingerprint density at radius 3 is 2.63 bits per heavy atom. The molecule has 0 aliphatic heterocycles. The van der Waals surface area contributed by atoms with Crippen molar-refractivity contribution < 1.29 is 0 Å². The topological polar surface area (TPSA) is 82.5 Å². The van der Waals surface area contributed by atoms with Gasteiger partial charge in [0.1, 0.15) is 6.33 Å². The van der Waals surface area contributed by atoms with E-state index in [0.29, 0.717) is 17.5 Å². The molecule has 7 heteroatoms. The van der Waals surface area contributed by atoms with E-state index in [1.165, 1.54) is 4.68 Å². The van der Waals surface area contributed by atoms with Gasteiger partial charge in [0.15, 0.2) is 5.82 Å². The minimum Gasteiger partial charge on any atom is -0.399 e. The first-order chi connectivity index (χ1) is 9.22. The lowest BCUT2D eigenvalue weighted by molar-refractivity contribution is 0.807. The molecule has 0 spiro atoms. The Kier molecular flexibility index (Phi) is 2.96. The standard InChI is InChI=1S/C12H9BrN6/c13-9-5-15-12(16-6-9)19-7-17-11(18-19)8-2-1-3-10(14)4-8/h1-7H,14H2. The zero-order chi connectivity index (χ0) is 13.2. The summed E-state index contributed by atoms with van der Waals surface area (Å²) >= 11 is 3.28. The van der Waals surface area contributed by atoms with Gasteiger partial charge in [0.2, 0.25) is 0 Å². The molecule has 0 saturated carbocycles. The van der Waals surface area contributed by atoms with Crippen LogP contribution in [-0.2, 0) is 0 Å². The van der Waals surface area contributed by atoms with Gasteiger partial charge in [-0.3, -0.25) is 0 Å². The number of nitrogens with two attached hydrogens (primary N) is 1. The SMILES string of the molecule is Nc1cccc(-c2ncn(-c3ncc(Br)cn3)n2)c1. The smallest absolute Gasteiger partial charge is 0.252 e. The minimum absolute atomic E-state index is 0.464. The molecular weight excluding hydrogens is 308 g/mol. The Labute approximate surface area is 117 Å². The maximum absolute atomic E-state index is 5.74. The molecule has 2 heterocycles. The molecule has 0 radical (unpaired) electrons. The van der Waals surface area contributed by atoms with Crippen LogP contribution in [0.1, 0.15) is 0 Å². The summed E-state index contributed by atoms with van der Waals surface area (Å²) in [6.07, 6.45) is 4.89. The van der Waals surface area contributed by atoms with Crippen molar-refractivity contribution in [1.82, 2.24) is 24.7 Å². The van der Waals surface area contributed by atoms with E-state index in [-0.39, 0.29) is 0 Å². The molecule has 6 nitrogen and oxygen atoms in total. The molecule has 0 bridgehead atoms. The third-order valence-electron chi connectivity index (χ3n) is 2.45. The molecular formula is C12H9BrN6. The highest BCUT2D eigenvalue weighted by molar-refractivity contribution is 9.10. The zero-order valence-electron chi connectivity index (χ0n) is 9.73. The van der Waals surface area contributed by atoms with Gasteiger partial charge in [-0.05, 0) is 28.1 Å². The summed E-state index contributed by atoms with van der Waals surface area (Å²) in [6.45, 7) is 0. The van der Waals surface area contributed by atoms with E-state index in [1.54, 1.807) is 18.7 Å². The molecule has 0 atom stereocenters. The monoisotopic (exact) mass is 316 g/mol. The molecule has 0 amide bonds. The fourth-order valence-corrected chi connectivity index (χ4v) is 1.80. The van der Waals surface area contributed by atoms with Crippen LogP contribution in [-0.4, -0.2) is 24.7 Å². The van der Waals surface area contributed by atoms with Crippen molar-refractivity contribution in [2.45, 2.75) is 0 Å². The highest BCUT2D eigenvalue weighted by Gasteiger charge is 2.07. The molecule has 0 fully saturated rings. The van der Waals surface area contributed by atoms with Crippen molar-refractivity contribution in [2.75, 3.05) is 5.73 Å². The van der Waals surface area contributed by atoms with Crippen molar-refractivity contribution in [2.24, 2.45) is 0 Å². The fraction of sp³-hybridized carbons (Fsp3) is 0. The number of aromatic nitrogens is 5. The second-order valence-electron chi connectivity index (χ2n) is 3.84. The molecule has 0 aliphatic carbocycles. The number of anilines is 1. The summed E-state index contributed by atoms with van der Waals surface area (Å²) in [5.74, 6) is 1.05. The van der Waals surface area contributed by atoms with Gasteiger partial charge in [-0.15, -0.1) is 5.10 Å². The van der Waals surface area contributed by atoms with Gasteiger partial charge in [0.05, 0.1) is 4.47 Å². The number of rotatable bonds is 2. The van der Waals surface area contributed by atoms with Crippen LogP contribution in [0.5, 0.6) is 0 Å². The Morgan fingerprint density at radius 2 is 1.89 bits per heavy atom. The summed E-state index contributed by atoms with van der Waals surface area (Å²) in [5, 5.41) is 4.33. The molecule has 0 unspecified atom stereocenters. The number of hydrogen-bond acceptors (Lipinski definition) is 5. The summed E-state index contributed by atoms with van der Waals surface area (Å²) < 4.78 is 2.33. The first-order valence-electron chi connectivity index (χ1n) is 5.48. The lowest BCUT2D eigenvalue weighted by Crippen LogP contribution is -2.01. The second-order valence-corrected chi connectivity index (χ2v) is 4.76. The van der Waals surface area contributed by atoms with Gasteiger partial charge < -0.3 is 5.73 Å². The van der Waals surface area contributed by atoms with E-state index in [1.807, 2.05) is 24.3 Å². The van der Waals surface area contributed by atoms with Gasteiger partial charge in [-0.2, -0.15) is 4.68 Å². The van der Waals surface area contributed by atoms with Crippen LogP contribution in [0.15, 0.2) is 47.5 Å². The van der Waals surface area contributed by atoms with Crippen molar-refractivity contribution in [3.05, 3.63) is 47.5 Å². The lowest BCUT2D eigenvalue weighted by atomic mass is 10.2. The summed E-state index contributed by atoms with van der Waals surface area (Å²) in [5.41, 5.74) is 7.27. The summed E-state index contributed by atoms with van der Waals surface area (Å²) in [6, 6.07) is 7.40. The van der Waals surface area contributed by atoms with Crippen LogP contribution in [0.2, 0.25) is 0 Å². The maximum atomic E-state index is 5.74. The van der Waals surface area contributed by atoms with Gasteiger partial charge in [-0.1, -0.05) is 12.1 Å². The van der Waals surface area contributed by atoms with Crippen LogP contribution >= 0.6 is 15.9 Å². The first-order valence-corrected chi connectivity index (χ1v) is 6.27. The van der Waals surface area contributed by atoms with E-state index < -0.39 is 0 Å². The van der Waals surface area contributed by atoms with E-state index in [2.05, 4.69) is 36.0 Å². The lowest BCUT2D eigenvalue weighted by Gasteiger charge is -1.98. The van der Waals surface area contributed by atoms with Gasteiger partial charge >= 0.3 is 0 Å². The Bertz CT molecular complexity index is 706. The normalized spacial score (nSPS) is 10.6. The Hall–Kier alpha value is -2.28. The average molecular weight is 317 g/mol. The van der Waals surface area contributed by atoms with Gasteiger partial charge in [0.25, 0.3) is 5.95 Å². The third kappa shape index (κ3) is 2.45. The summed E-state index contributed by atoms with van der Waals surface area (Å²) in [4.78, 5) is 12.5. The third-order valence-corrected chi connectivity index (χ3v) is 2.86. The number of benzene rings is 1. The van der Waals surface area contributed by atoms with Crippen LogP contribution < -0.4 is 5.73 Å². The van der Waals surface area contributed by atoms with Crippen LogP contribution in [0.25, 0.3) is 17.3 Å². The quantitative estimate of drug-likeness (QED) is 0.732. The molecule has 3 aromatic rings. The van der Waals surface area contributed by atoms with Crippen LogP contribution in [0.4, 0.5) is 5.69 Å². The molecule has 1 aromatic carbocycles. The van der Waals surface area contributed by atoms with Crippen LogP contribution in [0.3, 0.4) is 0 Å². The minimum atomic E-state index is 0.464. The molecule has 3 rings (SSSR count). The predicted octanol–water partition coefficient (Wildman–Crippen LogP) is 2.07. The number of hydrogen-bond donors (Lipinski definition) is 1. The van der Waals surface area contributed by atoms with E-state index in [9.17, 15) is 0 Å². The predicted molar refractivity (Wildman–Crippen MR) is 74.5 cm³/mol. The van der Waals surface area contributed by atoms with Crippen molar-refractivity contribution in [1.29, 1.82) is 0 Å². The average Bonchev–Trinajstić information content (AvgIpc) is 2.89. The second kappa shape index (κ2) is 4.77. The van der Waals surface area contributed by atoms with E-state index in [0.717, 1.165) is 10.0 Å². The molecule has 94 valence electrons. The largest absolute Gasteiger partial charge is 0.399 e. The highest BCUT2D eigenvalue weighted by Crippen LogP contribution is 2.17.